The van der Waals surface area contributed by atoms with E-state index in [2.05, 4.69) is 32.8 Å². The number of nitrogens with zero attached hydrogens (tertiary/aromatic N) is 2. The number of aromatic nitrogens is 2. The molecule has 1 rings (SSSR count). The summed E-state index contributed by atoms with van der Waals surface area (Å²) in [4.78, 5) is 8.70. The summed E-state index contributed by atoms with van der Waals surface area (Å²) in [5.41, 5.74) is 6.80. The Morgan fingerprint density at radius 2 is 2.00 bits per heavy atom. The average molecular weight is 288 g/mol. The van der Waals surface area contributed by atoms with Gasteiger partial charge in [0.25, 0.3) is 0 Å². The number of rotatable bonds is 6. The Balaban J connectivity index is 2.77. The van der Waals surface area contributed by atoms with Crippen LogP contribution in [0.25, 0.3) is 0 Å². The summed E-state index contributed by atoms with van der Waals surface area (Å²) < 4.78 is 6.10. The minimum Gasteiger partial charge on any atom is -0.383 e. The predicted molar refractivity (Wildman–Crippen MR) is 68.3 cm³/mol. The highest BCUT2D eigenvalue weighted by molar-refractivity contribution is 9.10. The van der Waals surface area contributed by atoms with E-state index in [-0.39, 0.29) is 0 Å². The quantitative estimate of drug-likeness (QED) is 0.816. The fourth-order valence-electron chi connectivity index (χ4n) is 1.39. The van der Waals surface area contributed by atoms with Crippen molar-refractivity contribution in [3.05, 3.63) is 16.0 Å². The highest BCUT2D eigenvalue weighted by atomic mass is 79.9. The molecule has 0 saturated heterocycles. The Bertz CT molecular complexity index is 344. The topological polar surface area (TPSA) is 61.0 Å². The van der Waals surface area contributed by atoms with E-state index in [0.717, 1.165) is 28.8 Å². The molecular formula is C11H18BrN3O. The highest BCUT2D eigenvalue weighted by Crippen LogP contribution is 2.22. The number of nitrogens with two attached hydrogens (primary N) is 1. The van der Waals surface area contributed by atoms with Crippen LogP contribution < -0.4 is 5.73 Å². The van der Waals surface area contributed by atoms with Gasteiger partial charge in [-0.15, -0.1) is 0 Å². The summed E-state index contributed by atoms with van der Waals surface area (Å²) in [5, 5.41) is 0. The zero-order valence-electron chi connectivity index (χ0n) is 9.79. The Kier molecular flexibility index (Phi) is 5.69. The van der Waals surface area contributed by atoms with Crippen LogP contribution in [-0.2, 0) is 17.6 Å². The number of hydrogen-bond acceptors (Lipinski definition) is 4. The lowest BCUT2D eigenvalue weighted by Crippen LogP contribution is -2.08. The fourth-order valence-corrected chi connectivity index (χ4v) is 1.76. The zero-order valence-corrected chi connectivity index (χ0v) is 11.4. The molecule has 4 nitrogen and oxygen atoms in total. The van der Waals surface area contributed by atoms with Crippen LogP contribution in [0.2, 0.25) is 0 Å². The lowest BCUT2D eigenvalue weighted by atomic mass is 10.2. The van der Waals surface area contributed by atoms with Gasteiger partial charge < -0.3 is 10.5 Å². The van der Waals surface area contributed by atoms with Crippen LogP contribution in [0.5, 0.6) is 0 Å². The van der Waals surface area contributed by atoms with Gasteiger partial charge >= 0.3 is 0 Å². The van der Waals surface area contributed by atoms with E-state index in [9.17, 15) is 0 Å². The molecule has 0 unspecified atom stereocenters. The van der Waals surface area contributed by atoms with Crippen molar-refractivity contribution < 1.29 is 4.74 Å². The number of aryl methyl sites for hydroxylation is 1. The highest BCUT2D eigenvalue weighted by Gasteiger charge is 2.09. The van der Waals surface area contributed by atoms with Gasteiger partial charge in [-0.1, -0.05) is 13.3 Å². The summed E-state index contributed by atoms with van der Waals surface area (Å²) in [6.45, 7) is 5.45. The molecule has 0 aliphatic heterocycles. The Morgan fingerprint density at radius 3 is 2.62 bits per heavy atom. The molecule has 0 amide bonds. The molecule has 90 valence electrons. The molecule has 1 heterocycles. The summed E-state index contributed by atoms with van der Waals surface area (Å²) >= 11 is 3.42. The first kappa shape index (κ1) is 13.4. The second-order valence-electron chi connectivity index (χ2n) is 3.48. The molecule has 1 aromatic heterocycles. The van der Waals surface area contributed by atoms with Gasteiger partial charge in [-0.05, 0) is 29.3 Å². The van der Waals surface area contributed by atoms with Crippen molar-refractivity contribution in [2.75, 3.05) is 18.9 Å². The van der Waals surface area contributed by atoms with Crippen molar-refractivity contribution in [2.24, 2.45) is 0 Å². The van der Waals surface area contributed by atoms with E-state index < -0.39 is 0 Å². The van der Waals surface area contributed by atoms with E-state index in [1.54, 1.807) is 0 Å². The van der Waals surface area contributed by atoms with Gasteiger partial charge in [-0.3, -0.25) is 0 Å². The van der Waals surface area contributed by atoms with E-state index >= 15 is 0 Å². The first-order valence-corrected chi connectivity index (χ1v) is 6.36. The first-order valence-electron chi connectivity index (χ1n) is 5.57. The van der Waals surface area contributed by atoms with Crippen molar-refractivity contribution in [1.29, 1.82) is 0 Å². The molecule has 0 saturated carbocycles. The molecule has 0 aliphatic carbocycles. The maximum atomic E-state index is 5.82. The Labute approximate surface area is 105 Å². The third-order valence-electron chi connectivity index (χ3n) is 2.15. The molecule has 0 radical (unpaired) electrons. The fraction of sp³-hybridized carbons (Fsp3) is 0.636. The second-order valence-corrected chi connectivity index (χ2v) is 4.28. The smallest absolute Gasteiger partial charge is 0.141 e. The van der Waals surface area contributed by atoms with Crippen LogP contribution >= 0.6 is 15.9 Å². The molecule has 0 fully saturated rings. The number of halogens is 1. The lowest BCUT2D eigenvalue weighted by Gasteiger charge is -2.08. The molecule has 16 heavy (non-hydrogen) atoms. The Morgan fingerprint density at radius 1 is 1.25 bits per heavy atom. The largest absolute Gasteiger partial charge is 0.383 e. The van der Waals surface area contributed by atoms with Crippen LogP contribution in [-0.4, -0.2) is 23.2 Å². The second kappa shape index (κ2) is 6.81. The number of ether oxygens (including phenoxy) is 1. The van der Waals surface area contributed by atoms with E-state index in [1.807, 2.05) is 6.92 Å². The summed E-state index contributed by atoms with van der Waals surface area (Å²) in [7, 11) is 0. The third kappa shape index (κ3) is 3.72. The van der Waals surface area contributed by atoms with Crippen LogP contribution in [0.3, 0.4) is 0 Å². The SMILES string of the molecule is CCCc1nc(CCOCC)nc(N)c1Br. The molecule has 2 N–H and O–H groups in total. The molecule has 5 heteroatoms. The van der Waals surface area contributed by atoms with Gasteiger partial charge in [-0.2, -0.15) is 0 Å². The molecule has 0 aromatic carbocycles. The molecule has 0 aliphatic rings. The first-order chi connectivity index (χ1) is 7.69. The van der Waals surface area contributed by atoms with E-state index in [1.165, 1.54) is 0 Å². The van der Waals surface area contributed by atoms with E-state index in [0.29, 0.717) is 25.5 Å². The average Bonchev–Trinajstić information content (AvgIpc) is 2.26. The number of hydrogen-bond donors (Lipinski definition) is 1. The molecular weight excluding hydrogens is 270 g/mol. The lowest BCUT2D eigenvalue weighted by molar-refractivity contribution is 0.149. The third-order valence-corrected chi connectivity index (χ3v) is 3.02. The van der Waals surface area contributed by atoms with E-state index in [4.69, 9.17) is 10.5 Å². The maximum Gasteiger partial charge on any atom is 0.141 e. The normalized spacial score (nSPS) is 10.7. The monoisotopic (exact) mass is 287 g/mol. The number of anilines is 1. The zero-order chi connectivity index (χ0) is 12.0. The predicted octanol–water partition coefficient (Wildman–Crippen LogP) is 2.35. The van der Waals surface area contributed by atoms with Crippen LogP contribution in [0.1, 0.15) is 31.8 Å². The molecule has 0 bridgehead atoms. The van der Waals surface area contributed by atoms with Gasteiger partial charge in [0.1, 0.15) is 11.6 Å². The van der Waals surface area contributed by atoms with Crippen LogP contribution in [0.15, 0.2) is 4.47 Å². The Hall–Kier alpha value is -0.680. The van der Waals surface area contributed by atoms with Crippen LogP contribution in [0, 0.1) is 0 Å². The minimum absolute atomic E-state index is 0.518. The van der Waals surface area contributed by atoms with Crippen molar-refractivity contribution in [3.63, 3.8) is 0 Å². The molecule has 0 atom stereocenters. The van der Waals surface area contributed by atoms with Gasteiger partial charge in [0.15, 0.2) is 0 Å². The van der Waals surface area contributed by atoms with Gasteiger partial charge in [0.2, 0.25) is 0 Å². The van der Waals surface area contributed by atoms with Crippen molar-refractivity contribution in [2.45, 2.75) is 33.1 Å². The van der Waals surface area contributed by atoms with Gasteiger partial charge in [0, 0.05) is 13.0 Å². The summed E-state index contributed by atoms with van der Waals surface area (Å²) in [6, 6.07) is 0. The summed E-state index contributed by atoms with van der Waals surface area (Å²) in [5.74, 6) is 1.28. The van der Waals surface area contributed by atoms with Crippen molar-refractivity contribution in [3.8, 4) is 0 Å². The summed E-state index contributed by atoms with van der Waals surface area (Å²) in [6.07, 6.45) is 2.66. The van der Waals surface area contributed by atoms with Gasteiger partial charge in [0.05, 0.1) is 16.8 Å². The molecule has 1 aromatic rings. The number of nitrogen functional groups attached to an aromatic ring is 1. The molecule has 0 spiro atoms. The van der Waals surface area contributed by atoms with Crippen LogP contribution in [0.4, 0.5) is 5.82 Å². The standard InChI is InChI=1S/C11H18BrN3O/c1-3-5-8-10(12)11(13)15-9(14-8)6-7-16-4-2/h3-7H2,1-2H3,(H2,13,14,15). The van der Waals surface area contributed by atoms with Crippen molar-refractivity contribution in [1.82, 2.24) is 9.97 Å². The van der Waals surface area contributed by atoms with Gasteiger partial charge in [-0.25, -0.2) is 9.97 Å². The minimum atomic E-state index is 0.518. The maximum absolute atomic E-state index is 5.82. The van der Waals surface area contributed by atoms with Crippen molar-refractivity contribution >= 4 is 21.7 Å².